The summed E-state index contributed by atoms with van der Waals surface area (Å²) in [6, 6.07) is 16.7. The number of benzene rings is 3. The van der Waals surface area contributed by atoms with E-state index in [9.17, 15) is 4.79 Å². The van der Waals surface area contributed by atoms with Crippen molar-refractivity contribution in [1.82, 2.24) is 0 Å². The average Bonchev–Trinajstić information content (AvgIpc) is 2.72. The zero-order chi connectivity index (χ0) is 20.1. The maximum Gasteiger partial charge on any atom is 0.265 e. The number of anilines is 1. The standard InChI is InChI=1S/C22H23NO5/c1-14(22(24)23-17-7-10-20(26-3)21(13-17)27-4)28-19-9-6-15-5-8-18(25-2)11-16(15)12-19/h5-14H,1-4H3,(H,23,24)/t14-/m1/s1. The zero-order valence-corrected chi connectivity index (χ0v) is 16.3. The molecule has 0 heterocycles. The Bertz CT molecular complexity index is 986. The number of hydrogen-bond acceptors (Lipinski definition) is 5. The molecule has 0 fully saturated rings. The van der Waals surface area contributed by atoms with Crippen molar-refractivity contribution in [3.8, 4) is 23.0 Å². The molecule has 0 bridgehead atoms. The van der Waals surface area contributed by atoms with E-state index in [-0.39, 0.29) is 5.91 Å². The van der Waals surface area contributed by atoms with E-state index in [4.69, 9.17) is 18.9 Å². The van der Waals surface area contributed by atoms with Crippen LogP contribution in [-0.2, 0) is 4.79 Å². The van der Waals surface area contributed by atoms with Crippen LogP contribution in [0.1, 0.15) is 6.92 Å². The van der Waals surface area contributed by atoms with Crippen LogP contribution in [0.4, 0.5) is 5.69 Å². The number of carbonyl (C=O) groups is 1. The average molecular weight is 381 g/mol. The van der Waals surface area contributed by atoms with Crippen molar-refractivity contribution >= 4 is 22.4 Å². The van der Waals surface area contributed by atoms with Crippen LogP contribution in [0.25, 0.3) is 10.8 Å². The highest BCUT2D eigenvalue weighted by molar-refractivity contribution is 5.94. The number of hydrogen-bond donors (Lipinski definition) is 1. The van der Waals surface area contributed by atoms with Crippen molar-refractivity contribution in [1.29, 1.82) is 0 Å². The van der Waals surface area contributed by atoms with Gasteiger partial charge in [0.05, 0.1) is 21.3 Å². The zero-order valence-electron chi connectivity index (χ0n) is 16.3. The number of fused-ring (bicyclic) bond motifs is 1. The first kappa shape index (κ1) is 19.4. The Morgan fingerprint density at radius 2 is 1.46 bits per heavy atom. The molecule has 0 aliphatic rings. The summed E-state index contributed by atoms with van der Waals surface area (Å²) in [7, 11) is 4.73. The Kier molecular flexibility index (Phi) is 5.89. The van der Waals surface area contributed by atoms with Gasteiger partial charge in [0.15, 0.2) is 17.6 Å². The van der Waals surface area contributed by atoms with Crippen molar-refractivity contribution < 1.29 is 23.7 Å². The topological polar surface area (TPSA) is 66.0 Å². The largest absolute Gasteiger partial charge is 0.497 e. The SMILES string of the molecule is COc1ccc2ccc(O[C@H](C)C(=O)Nc3ccc(OC)c(OC)c3)cc2c1. The molecule has 28 heavy (non-hydrogen) atoms. The second kappa shape index (κ2) is 8.52. The van der Waals surface area contributed by atoms with Crippen molar-refractivity contribution in [2.24, 2.45) is 0 Å². The van der Waals surface area contributed by atoms with E-state index in [1.165, 1.54) is 0 Å². The summed E-state index contributed by atoms with van der Waals surface area (Å²) in [4.78, 5) is 12.5. The fourth-order valence-corrected chi connectivity index (χ4v) is 2.82. The number of ether oxygens (including phenoxy) is 4. The van der Waals surface area contributed by atoms with Crippen LogP contribution in [0, 0.1) is 0 Å². The molecule has 0 spiro atoms. The van der Waals surface area contributed by atoms with Crippen LogP contribution < -0.4 is 24.3 Å². The number of rotatable bonds is 7. The Morgan fingerprint density at radius 1 is 0.786 bits per heavy atom. The van der Waals surface area contributed by atoms with Crippen molar-refractivity contribution in [2.45, 2.75) is 13.0 Å². The van der Waals surface area contributed by atoms with Crippen LogP contribution in [0.3, 0.4) is 0 Å². The number of methoxy groups -OCH3 is 3. The molecule has 0 radical (unpaired) electrons. The fraction of sp³-hybridized carbons (Fsp3) is 0.227. The van der Waals surface area contributed by atoms with Crippen LogP contribution in [0.2, 0.25) is 0 Å². The van der Waals surface area contributed by atoms with Crippen LogP contribution >= 0.6 is 0 Å². The number of amides is 1. The van der Waals surface area contributed by atoms with E-state index in [1.54, 1.807) is 46.5 Å². The normalized spacial score (nSPS) is 11.6. The maximum atomic E-state index is 12.5. The first-order valence-corrected chi connectivity index (χ1v) is 8.81. The lowest BCUT2D eigenvalue weighted by atomic mass is 10.1. The van der Waals surface area contributed by atoms with Crippen LogP contribution in [-0.4, -0.2) is 33.3 Å². The number of nitrogens with one attached hydrogen (secondary N) is 1. The van der Waals surface area contributed by atoms with Gasteiger partial charge in [-0.1, -0.05) is 12.1 Å². The van der Waals surface area contributed by atoms with Gasteiger partial charge in [0.1, 0.15) is 11.5 Å². The van der Waals surface area contributed by atoms with E-state index in [2.05, 4.69) is 5.32 Å². The molecule has 0 saturated heterocycles. The summed E-state index contributed by atoms with van der Waals surface area (Å²) in [6.07, 6.45) is -0.684. The lowest BCUT2D eigenvalue weighted by Gasteiger charge is -2.16. The lowest BCUT2D eigenvalue weighted by molar-refractivity contribution is -0.122. The van der Waals surface area contributed by atoms with Gasteiger partial charge in [-0.15, -0.1) is 0 Å². The third-order valence-corrected chi connectivity index (χ3v) is 4.35. The molecule has 0 unspecified atom stereocenters. The molecule has 0 saturated carbocycles. The minimum absolute atomic E-state index is 0.266. The highest BCUT2D eigenvalue weighted by Crippen LogP contribution is 2.30. The third-order valence-electron chi connectivity index (χ3n) is 4.35. The van der Waals surface area contributed by atoms with Gasteiger partial charge in [0.25, 0.3) is 5.91 Å². The molecule has 3 aromatic rings. The van der Waals surface area contributed by atoms with E-state index >= 15 is 0 Å². The molecule has 1 amide bonds. The van der Waals surface area contributed by atoms with Gasteiger partial charge >= 0.3 is 0 Å². The predicted molar refractivity (Wildman–Crippen MR) is 109 cm³/mol. The molecule has 6 nitrogen and oxygen atoms in total. The molecule has 6 heteroatoms. The molecule has 3 aromatic carbocycles. The van der Waals surface area contributed by atoms with E-state index < -0.39 is 6.10 Å². The minimum Gasteiger partial charge on any atom is -0.497 e. The first-order valence-electron chi connectivity index (χ1n) is 8.81. The second-order valence-corrected chi connectivity index (χ2v) is 6.19. The van der Waals surface area contributed by atoms with Crippen molar-refractivity contribution in [2.75, 3.05) is 26.6 Å². The number of carbonyl (C=O) groups excluding carboxylic acids is 1. The van der Waals surface area contributed by atoms with Gasteiger partial charge in [-0.25, -0.2) is 0 Å². The smallest absolute Gasteiger partial charge is 0.265 e. The van der Waals surface area contributed by atoms with Gasteiger partial charge in [0, 0.05) is 11.8 Å². The van der Waals surface area contributed by atoms with Crippen LogP contribution in [0.5, 0.6) is 23.0 Å². The molecular weight excluding hydrogens is 358 g/mol. The van der Waals surface area contributed by atoms with Crippen molar-refractivity contribution in [3.63, 3.8) is 0 Å². The van der Waals surface area contributed by atoms with Gasteiger partial charge in [-0.3, -0.25) is 4.79 Å². The Morgan fingerprint density at radius 3 is 2.14 bits per heavy atom. The summed E-state index contributed by atoms with van der Waals surface area (Å²) < 4.78 is 21.5. The first-order chi connectivity index (χ1) is 13.5. The quantitative estimate of drug-likeness (QED) is 0.662. The summed E-state index contributed by atoms with van der Waals surface area (Å²) in [5.74, 6) is 2.24. The Hall–Kier alpha value is -3.41. The summed E-state index contributed by atoms with van der Waals surface area (Å²) in [5.41, 5.74) is 0.598. The summed E-state index contributed by atoms with van der Waals surface area (Å²) in [6.45, 7) is 1.70. The van der Waals surface area contributed by atoms with E-state index in [0.717, 1.165) is 16.5 Å². The third kappa shape index (κ3) is 4.28. The molecule has 0 aromatic heterocycles. The van der Waals surface area contributed by atoms with Gasteiger partial charge in [-0.05, 0) is 54.1 Å². The Labute approximate surface area is 164 Å². The highest BCUT2D eigenvalue weighted by atomic mass is 16.5. The predicted octanol–water partition coefficient (Wildman–Crippen LogP) is 4.27. The molecule has 0 aliphatic carbocycles. The van der Waals surface area contributed by atoms with Gasteiger partial charge < -0.3 is 24.3 Å². The van der Waals surface area contributed by atoms with Crippen molar-refractivity contribution in [3.05, 3.63) is 54.6 Å². The molecule has 146 valence electrons. The van der Waals surface area contributed by atoms with E-state index in [1.807, 2.05) is 36.4 Å². The van der Waals surface area contributed by atoms with Gasteiger partial charge in [0.2, 0.25) is 0 Å². The van der Waals surface area contributed by atoms with Gasteiger partial charge in [-0.2, -0.15) is 0 Å². The molecule has 1 atom stereocenters. The minimum atomic E-state index is -0.684. The molecule has 0 aliphatic heterocycles. The molecule has 1 N–H and O–H groups in total. The molecular formula is C22H23NO5. The maximum absolute atomic E-state index is 12.5. The summed E-state index contributed by atoms with van der Waals surface area (Å²) in [5, 5.41) is 4.87. The second-order valence-electron chi connectivity index (χ2n) is 6.19. The Balaban J connectivity index is 1.71. The summed E-state index contributed by atoms with van der Waals surface area (Å²) >= 11 is 0. The fourth-order valence-electron chi connectivity index (χ4n) is 2.82. The monoisotopic (exact) mass is 381 g/mol. The lowest BCUT2D eigenvalue weighted by Crippen LogP contribution is -2.30. The highest BCUT2D eigenvalue weighted by Gasteiger charge is 2.16. The van der Waals surface area contributed by atoms with Crippen LogP contribution in [0.15, 0.2) is 54.6 Å². The van der Waals surface area contributed by atoms with E-state index in [0.29, 0.717) is 22.9 Å². The molecule has 3 rings (SSSR count).